The maximum Gasteiger partial charge on any atom is 2.00 e. The summed E-state index contributed by atoms with van der Waals surface area (Å²) >= 11 is 0. The first kappa shape index (κ1) is 38.1. The summed E-state index contributed by atoms with van der Waals surface area (Å²) in [5, 5.41) is 9.49. The molecule has 0 aliphatic carbocycles. The van der Waals surface area contributed by atoms with E-state index in [-0.39, 0.29) is 108 Å². The van der Waals surface area contributed by atoms with E-state index >= 15 is 0 Å². The molecule has 7 heteroatoms. The van der Waals surface area contributed by atoms with Crippen LogP contribution in [0.25, 0.3) is 10.6 Å². The van der Waals surface area contributed by atoms with E-state index in [1.165, 1.54) is 38.5 Å². The number of halogens is 2. The van der Waals surface area contributed by atoms with Gasteiger partial charge in [-0.3, -0.25) is 0 Å². The molecule has 136 valence electrons. The fourth-order valence-electron chi connectivity index (χ4n) is 3.77. The van der Waals surface area contributed by atoms with Gasteiger partial charge in [0.15, 0.2) is 0 Å². The summed E-state index contributed by atoms with van der Waals surface area (Å²) in [6.45, 7) is 17.8. The first-order valence-electron chi connectivity index (χ1n) is 8.31. The second-order valence-electron chi connectivity index (χ2n) is 9.18. The molecule has 0 aromatic carbocycles. The summed E-state index contributed by atoms with van der Waals surface area (Å²) in [7, 11) is 0. The molecular weight excluding hydrogens is 412 g/mol. The van der Waals surface area contributed by atoms with Gasteiger partial charge < -0.3 is 35.4 Å². The van der Waals surface area contributed by atoms with Crippen molar-refractivity contribution in [3.63, 3.8) is 0 Å². The van der Waals surface area contributed by atoms with E-state index in [0.717, 1.165) is 0 Å². The molecule has 2 heterocycles. The predicted octanol–water partition coefficient (Wildman–Crippen LogP) is -3.17. The smallest absolute Gasteiger partial charge is 1.00 e. The zero-order valence-corrected chi connectivity index (χ0v) is 24.2. The van der Waals surface area contributed by atoms with Crippen molar-refractivity contribution >= 4 is 23.1 Å². The second kappa shape index (κ2) is 14.5. The monoisotopic (exact) mass is 445 g/mol. The maximum absolute atomic E-state index is 4.75. The number of piperidine rings is 2. The number of hydrogen-bond acceptors (Lipinski definition) is 0. The van der Waals surface area contributed by atoms with E-state index in [9.17, 15) is 0 Å². The van der Waals surface area contributed by atoms with Gasteiger partial charge in [0.25, 0.3) is 0 Å². The average molecular weight is 448 g/mol. The molecule has 0 saturated carbocycles. The van der Waals surface area contributed by atoms with Gasteiger partial charge in [-0.15, -0.1) is 22.2 Å². The molecule has 25 heavy (non-hydrogen) atoms. The van der Waals surface area contributed by atoms with Gasteiger partial charge >= 0.3 is 61.4 Å². The van der Waals surface area contributed by atoms with Crippen LogP contribution >= 0.6 is 0 Å². The fourth-order valence-corrected chi connectivity index (χ4v) is 3.77. The summed E-state index contributed by atoms with van der Waals surface area (Å²) in [6.07, 6.45) is 7.72. The van der Waals surface area contributed by atoms with Crippen molar-refractivity contribution in [3.05, 3.63) is 10.6 Å². The van der Waals surface area contributed by atoms with E-state index in [2.05, 4.69) is 55.4 Å². The van der Waals surface area contributed by atoms with Crippen molar-refractivity contribution in [1.29, 1.82) is 0 Å². The minimum absolute atomic E-state index is 0. The Balaban J connectivity index is -0.0000000889. The summed E-state index contributed by atoms with van der Waals surface area (Å²) in [5.41, 5.74) is 0.951. The van der Waals surface area contributed by atoms with Gasteiger partial charge in [-0.2, -0.15) is 0 Å². The topological polar surface area (TPSA) is 28.2 Å². The Morgan fingerprint density at radius 3 is 0.760 bits per heavy atom. The Morgan fingerprint density at radius 1 is 0.520 bits per heavy atom. The Hall–Kier alpha value is 2.49. The normalized spacial score (nSPS) is 24.0. The number of nitrogens with zero attached hydrogens (tertiary/aromatic N) is 2. The van der Waals surface area contributed by atoms with Gasteiger partial charge in [-0.05, 0) is 0 Å². The van der Waals surface area contributed by atoms with Crippen LogP contribution in [-0.2, 0) is 19.5 Å². The Morgan fingerprint density at radius 2 is 0.680 bits per heavy atom. The SMILES string of the molecule is CC1(C)CCCC(C)(C)[N-]1.CC1(C)CCCC(C)(C)[N-]1.[Cl-].[Cl-].[Li+].[Mg+2].[Zn+2]. The van der Waals surface area contributed by atoms with Gasteiger partial charge in [-0.25, -0.2) is 0 Å². The second-order valence-corrected chi connectivity index (χ2v) is 9.18. The van der Waals surface area contributed by atoms with Gasteiger partial charge in [-0.1, -0.05) is 93.9 Å². The summed E-state index contributed by atoms with van der Waals surface area (Å²) in [4.78, 5) is 0. The Bertz CT molecular complexity index is 281. The molecule has 0 atom stereocenters. The quantitative estimate of drug-likeness (QED) is 0.351. The van der Waals surface area contributed by atoms with E-state index in [0.29, 0.717) is 0 Å². The first-order valence-corrected chi connectivity index (χ1v) is 8.31. The van der Waals surface area contributed by atoms with Gasteiger partial charge in [0, 0.05) is 0 Å². The maximum atomic E-state index is 4.75. The third-order valence-electron chi connectivity index (χ3n) is 4.36. The Labute approximate surface area is 211 Å². The van der Waals surface area contributed by atoms with Gasteiger partial charge in [0.2, 0.25) is 0 Å². The molecule has 0 bridgehead atoms. The first-order chi connectivity index (χ1) is 8.83. The number of rotatable bonds is 0. The van der Waals surface area contributed by atoms with E-state index in [1.807, 2.05) is 0 Å². The zero-order chi connectivity index (χ0) is 15.7. The predicted molar refractivity (Wildman–Crippen MR) is 96.5 cm³/mol. The zero-order valence-electron chi connectivity index (χ0n) is 18.3. The standard InChI is InChI=1S/2C9H18N.2ClH.Li.Mg.Zn/c2*1-8(2)6-5-7-9(3,4)10-8;;;;;/h2*5-7H2,1-4H3;2*1H;;;/q2*-1;;;+1;2*+2/p-2. The Kier molecular flexibility index (Phi) is 22.1. The minimum atomic E-state index is 0. The van der Waals surface area contributed by atoms with Crippen LogP contribution in [0.3, 0.4) is 0 Å². The van der Waals surface area contributed by atoms with Crippen LogP contribution in [0, 0.1) is 0 Å². The van der Waals surface area contributed by atoms with Crippen LogP contribution in [0.4, 0.5) is 0 Å². The molecule has 2 aliphatic rings. The molecule has 0 unspecified atom stereocenters. The van der Waals surface area contributed by atoms with E-state index in [1.54, 1.807) is 0 Å². The molecule has 2 nitrogen and oxygen atoms in total. The molecule has 0 N–H and O–H groups in total. The summed E-state index contributed by atoms with van der Waals surface area (Å²) in [6, 6.07) is 0. The largest absolute Gasteiger partial charge is 2.00 e. The van der Waals surface area contributed by atoms with Crippen molar-refractivity contribution in [1.82, 2.24) is 0 Å². The molecule has 0 radical (unpaired) electrons. The third kappa shape index (κ3) is 17.1. The molecular formula is C18H36Cl2LiMgN2Zn+. The molecule has 2 saturated heterocycles. The van der Waals surface area contributed by atoms with E-state index in [4.69, 9.17) is 10.6 Å². The van der Waals surface area contributed by atoms with Crippen LogP contribution in [0.2, 0.25) is 0 Å². The molecule has 2 fully saturated rings. The third-order valence-corrected chi connectivity index (χ3v) is 4.36. The van der Waals surface area contributed by atoms with Crippen LogP contribution in [0.5, 0.6) is 0 Å². The molecule has 0 aromatic rings. The molecule has 2 aliphatic heterocycles. The fraction of sp³-hybridized carbons (Fsp3) is 1.00. The van der Waals surface area contributed by atoms with Crippen molar-refractivity contribution < 1.29 is 63.2 Å². The van der Waals surface area contributed by atoms with Crippen LogP contribution in [0.15, 0.2) is 0 Å². The van der Waals surface area contributed by atoms with Gasteiger partial charge in [0.1, 0.15) is 0 Å². The van der Waals surface area contributed by atoms with Crippen LogP contribution in [0.1, 0.15) is 93.9 Å². The van der Waals surface area contributed by atoms with Crippen molar-refractivity contribution in [2.24, 2.45) is 0 Å². The number of hydrogen-bond donors (Lipinski definition) is 0. The molecule has 2 rings (SSSR count). The van der Waals surface area contributed by atoms with Gasteiger partial charge in [0.05, 0.1) is 0 Å². The minimum Gasteiger partial charge on any atom is -1.00 e. The molecule has 0 aromatic heterocycles. The van der Waals surface area contributed by atoms with Crippen LogP contribution in [-0.4, -0.2) is 45.2 Å². The summed E-state index contributed by atoms with van der Waals surface area (Å²) in [5.74, 6) is 0. The summed E-state index contributed by atoms with van der Waals surface area (Å²) < 4.78 is 0. The molecule has 0 spiro atoms. The molecule has 0 amide bonds. The van der Waals surface area contributed by atoms with Crippen molar-refractivity contribution in [2.75, 3.05) is 0 Å². The van der Waals surface area contributed by atoms with E-state index < -0.39 is 0 Å². The van der Waals surface area contributed by atoms with Crippen molar-refractivity contribution in [3.8, 4) is 0 Å². The van der Waals surface area contributed by atoms with Crippen LogP contribution < -0.4 is 43.7 Å². The van der Waals surface area contributed by atoms with Crippen molar-refractivity contribution in [2.45, 2.75) is 116 Å². The average Bonchev–Trinajstić information content (AvgIpc) is 2.09.